The van der Waals surface area contributed by atoms with Gasteiger partial charge in [-0.25, -0.2) is 9.89 Å². The van der Waals surface area contributed by atoms with Crippen LogP contribution in [0.15, 0.2) is 40.5 Å². The topological polar surface area (TPSA) is 63.0 Å². The van der Waals surface area contributed by atoms with Crippen LogP contribution in [-0.4, -0.2) is 21.1 Å². The highest BCUT2D eigenvalue weighted by Gasteiger charge is 2.30. The van der Waals surface area contributed by atoms with Crippen LogP contribution in [0.25, 0.3) is 0 Å². The van der Waals surface area contributed by atoms with Crippen LogP contribution in [0, 0.1) is 0 Å². The number of H-pyrrole nitrogens is 1. The highest BCUT2D eigenvalue weighted by molar-refractivity contribution is 5.79. The van der Waals surface area contributed by atoms with E-state index in [1.165, 1.54) is 12.1 Å². The number of aromatic amines is 1. The molecule has 0 bridgehead atoms. The van der Waals surface area contributed by atoms with Crippen molar-refractivity contribution in [1.29, 1.82) is 0 Å². The first kappa shape index (κ1) is 12.1. The highest BCUT2D eigenvalue weighted by atomic mass is 19.4. The van der Waals surface area contributed by atoms with E-state index in [4.69, 9.17) is 0 Å². The zero-order chi connectivity index (χ0) is 13.2. The lowest BCUT2D eigenvalue weighted by atomic mass is 10.1. The Bertz CT molecular complexity index is 626. The first-order chi connectivity index (χ1) is 8.47. The van der Waals surface area contributed by atoms with E-state index in [0.29, 0.717) is 0 Å². The third-order valence-corrected chi connectivity index (χ3v) is 2.08. The Morgan fingerprint density at radius 3 is 2.78 bits per heavy atom. The maximum absolute atomic E-state index is 12.4. The number of nitrogens with one attached hydrogen (secondary N) is 1. The monoisotopic (exact) mass is 256 g/mol. The molecule has 2 aromatic rings. The van der Waals surface area contributed by atoms with Crippen LogP contribution in [0.2, 0.25) is 0 Å². The van der Waals surface area contributed by atoms with Crippen molar-refractivity contribution in [2.75, 3.05) is 0 Å². The molecule has 5 nitrogen and oxygen atoms in total. The van der Waals surface area contributed by atoms with Crippen molar-refractivity contribution in [3.63, 3.8) is 0 Å². The van der Waals surface area contributed by atoms with Gasteiger partial charge in [0.1, 0.15) is 6.33 Å². The molecule has 0 saturated carbocycles. The number of nitrogens with zero attached hydrogens (tertiary/aromatic N) is 3. The van der Waals surface area contributed by atoms with Crippen molar-refractivity contribution in [1.82, 2.24) is 14.9 Å². The van der Waals surface area contributed by atoms with Crippen molar-refractivity contribution in [3.8, 4) is 0 Å². The first-order valence-electron chi connectivity index (χ1n) is 4.80. The van der Waals surface area contributed by atoms with E-state index in [0.717, 1.165) is 29.4 Å². The SMILES string of the molecule is O=c1[nH]ncn1N=Cc1cccc(C(F)(F)F)c1. The molecule has 0 fully saturated rings. The third-order valence-electron chi connectivity index (χ3n) is 2.08. The molecule has 0 saturated heterocycles. The Balaban J connectivity index is 2.28. The van der Waals surface area contributed by atoms with Crippen LogP contribution in [-0.2, 0) is 6.18 Å². The Kier molecular flexibility index (Phi) is 3.00. The Hall–Kier alpha value is -2.38. The molecule has 1 heterocycles. The molecule has 0 atom stereocenters. The zero-order valence-electron chi connectivity index (χ0n) is 8.85. The molecule has 0 spiro atoms. The van der Waals surface area contributed by atoms with E-state index >= 15 is 0 Å². The molecule has 0 radical (unpaired) electrons. The second-order valence-corrected chi connectivity index (χ2v) is 3.37. The molecular weight excluding hydrogens is 249 g/mol. The number of benzene rings is 1. The second-order valence-electron chi connectivity index (χ2n) is 3.37. The molecule has 1 aromatic heterocycles. The fourth-order valence-corrected chi connectivity index (χ4v) is 1.25. The summed E-state index contributed by atoms with van der Waals surface area (Å²) >= 11 is 0. The van der Waals surface area contributed by atoms with Gasteiger partial charge in [-0.15, -0.1) is 0 Å². The molecule has 1 aromatic carbocycles. The average Bonchev–Trinajstić information content (AvgIpc) is 2.72. The fraction of sp³-hybridized carbons (Fsp3) is 0.100. The van der Waals surface area contributed by atoms with Gasteiger partial charge in [0.15, 0.2) is 0 Å². The molecule has 0 aliphatic carbocycles. The number of hydrogen-bond acceptors (Lipinski definition) is 3. The minimum absolute atomic E-state index is 0.234. The summed E-state index contributed by atoms with van der Waals surface area (Å²) in [7, 11) is 0. The molecule has 8 heteroatoms. The number of aromatic nitrogens is 3. The van der Waals surface area contributed by atoms with Crippen molar-refractivity contribution >= 4 is 6.21 Å². The van der Waals surface area contributed by atoms with E-state index in [-0.39, 0.29) is 5.56 Å². The number of halogens is 3. The normalized spacial score (nSPS) is 12.2. The lowest BCUT2D eigenvalue weighted by Gasteiger charge is -2.06. The molecule has 18 heavy (non-hydrogen) atoms. The first-order valence-corrected chi connectivity index (χ1v) is 4.80. The Morgan fingerprint density at radius 2 is 2.17 bits per heavy atom. The summed E-state index contributed by atoms with van der Waals surface area (Å²) in [5, 5.41) is 9.20. The van der Waals surface area contributed by atoms with Crippen molar-refractivity contribution < 1.29 is 13.2 Å². The Labute approximate surface area is 98.6 Å². The molecular formula is C10H7F3N4O. The number of hydrogen-bond donors (Lipinski definition) is 1. The minimum Gasteiger partial charge on any atom is -0.244 e. The maximum Gasteiger partial charge on any atom is 0.416 e. The minimum atomic E-state index is -4.41. The fourth-order valence-electron chi connectivity index (χ4n) is 1.25. The van der Waals surface area contributed by atoms with Crippen LogP contribution >= 0.6 is 0 Å². The van der Waals surface area contributed by atoms with Gasteiger partial charge in [0.25, 0.3) is 0 Å². The van der Waals surface area contributed by atoms with Gasteiger partial charge in [-0.05, 0) is 17.7 Å². The van der Waals surface area contributed by atoms with Crippen LogP contribution < -0.4 is 5.69 Å². The largest absolute Gasteiger partial charge is 0.416 e. The van der Waals surface area contributed by atoms with Gasteiger partial charge in [0, 0.05) is 0 Å². The van der Waals surface area contributed by atoms with E-state index in [1.807, 2.05) is 0 Å². The van der Waals surface area contributed by atoms with Gasteiger partial charge in [0.2, 0.25) is 0 Å². The van der Waals surface area contributed by atoms with Crippen LogP contribution in [0.4, 0.5) is 13.2 Å². The van der Waals surface area contributed by atoms with E-state index < -0.39 is 17.4 Å². The summed E-state index contributed by atoms with van der Waals surface area (Å²) in [6, 6.07) is 4.61. The van der Waals surface area contributed by atoms with Gasteiger partial charge in [0.05, 0.1) is 11.8 Å². The molecule has 0 amide bonds. The molecule has 1 N–H and O–H groups in total. The summed E-state index contributed by atoms with van der Waals surface area (Å²) in [6.07, 6.45) is -2.14. The number of alkyl halides is 3. The van der Waals surface area contributed by atoms with Gasteiger partial charge in [-0.3, -0.25) is 0 Å². The highest BCUT2D eigenvalue weighted by Crippen LogP contribution is 2.29. The van der Waals surface area contributed by atoms with Crippen LogP contribution in [0.1, 0.15) is 11.1 Å². The van der Waals surface area contributed by atoms with Crippen molar-refractivity contribution in [2.24, 2.45) is 5.10 Å². The molecule has 0 aliphatic rings. The molecule has 94 valence electrons. The lowest BCUT2D eigenvalue weighted by Crippen LogP contribution is -2.12. The van der Waals surface area contributed by atoms with Gasteiger partial charge in [-0.2, -0.15) is 28.0 Å². The maximum atomic E-state index is 12.4. The number of rotatable bonds is 2. The average molecular weight is 256 g/mol. The van der Waals surface area contributed by atoms with E-state index in [9.17, 15) is 18.0 Å². The molecule has 2 rings (SSSR count). The van der Waals surface area contributed by atoms with Crippen LogP contribution in [0.5, 0.6) is 0 Å². The van der Waals surface area contributed by atoms with Crippen LogP contribution in [0.3, 0.4) is 0 Å². The van der Waals surface area contributed by atoms with E-state index in [2.05, 4.69) is 15.3 Å². The summed E-state index contributed by atoms with van der Waals surface area (Å²) < 4.78 is 38.2. The predicted octanol–water partition coefficient (Wildman–Crippen LogP) is 1.47. The predicted molar refractivity (Wildman–Crippen MR) is 57.3 cm³/mol. The Morgan fingerprint density at radius 1 is 1.39 bits per heavy atom. The summed E-state index contributed by atoms with van der Waals surface area (Å²) in [5.41, 5.74) is -1.11. The van der Waals surface area contributed by atoms with Gasteiger partial charge < -0.3 is 0 Å². The van der Waals surface area contributed by atoms with Gasteiger partial charge >= 0.3 is 11.9 Å². The summed E-state index contributed by atoms with van der Waals surface area (Å²) in [6.45, 7) is 0. The molecule has 0 aliphatic heterocycles. The van der Waals surface area contributed by atoms with Crippen molar-refractivity contribution in [2.45, 2.75) is 6.18 Å². The summed E-state index contributed by atoms with van der Waals surface area (Å²) in [5.74, 6) is 0. The smallest absolute Gasteiger partial charge is 0.244 e. The lowest BCUT2D eigenvalue weighted by molar-refractivity contribution is -0.137. The molecule has 0 unspecified atom stereocenters. The van der Waals surface area contributed by atoms with E-state index in [1.54, 1.807) is 0 Å². The zero-order valence-corrected chi connectivity index (χ0v) is 8.85. The summed E-state index contributed by atoms with van der Waals surface area (Å²) in [4.78, 5) is 11.0. The standard InChI is InChI=1S/C10H7F3N4O/c11-10(12,13)8-3-1-2-7(4-8)5-15-17-6-14-16-9(17)18/h1-6H,(H,16,18). The van der Waals surface area contributed by atoms with Gasteiger partial charge in [-0.1, -0.05) is 12.1 Å². The second kappa shape index (κ2) is 4.47. The quantitative estimate of drug-likeness (QED) is 0.827. The van der Waals surface area contributed by atoms with Crippen molar-refractivity contribution in [3.05, 3.63) is 52.2 Å². The third kappa shape index (κ3) is 2.65.